The van der Waals surface area contributed by atoms with E-state index in [4.69, 9.17) is 0 Å². The highest BCUT2D eigenvalue weighted by atomic mass is 16.1. The van der Waals surface area contributed by atoms with Gasteiger partial charge in [-0.25, -0.2) is 4.98 Å². The summed E-state index contributed by atoms with van der Waals surface area (Å²) in [6.45, 7) is 11.3. The van der Waals surface area contributed by atoms with Gasteiger partial charge in [0.15, 0.2) is 0 Å². The number of piperazine rings is 1. The highest BCUT2D eigenvalue weighted by Gasteiger charge is 2.32. The van der Waals surface area contributed by atoms with Gasteiger partial charge in [0.1, 0.15) is 5.82 Å². The molecule has 0 aromatic carbocycles. The van der Waals surface area contributed by atoms with Gasteiger partial charge >= 0.3 is 0 Å². The molecule has 2 N–H and O–H groups in total. The van der Waals surface area contributed by atoms with E-state index in [0.717, 1.165) is 37.6 Å². The van der Waals surface area contributed by atoms with Crippen LogP contribution >= 0.6 is 0 Å². The van der Waals surface area contributed by atoms with Gasteiger partial charge in [0.05, 0.1) is 5.69 Å². The minimum Gasteiger partial charge on any atom is -0.311 e. The van der Waals surface area contributed by atoms with Gasteiger partial charge in [0.25, 0.3) is 5.56 Å². The minimum atomic E-state index is -0.0529. The highest BCUT2D eigenvalue weighted by molar-refractivity contribution is 5.05. The maximum Gasteiger partial charge on any atom is 0.251 e. The second-order valence-electron chi connectivity index (χ2n) is 6.01. The first-order valence-corrected chi connectivity index (χ1v) is 6.98. The maximum atomic E-state index is 11.6. The fourth-order valence-electron chi connectivity index (χ4n) is 2.46. The smallest absolute Gasteiger partial charge is 0.251 e. The van der Waals surface area contributed by atoms with Crippen LogP contribution in [-0.4, -0.2) is 39.5 Å². The Balaban J connectivity index is 2.19. The molecule has 0 radical (unpaired) electrons. The molecule has 1 saturated heterocycles. The molecule has 5 heteroatoms. The molecule has 0 bridgehead atoms. The number of nitrogens with zero attached hydrogens (tertiary/aromatic N) is 2. The summed E-state index contributed by atoms with van der Waals surface area (Å²) in [5.41, 5.74) is 0.897. The number of aromatic amines is 1. The average molecular weight is 264 g/mol. The molecular formula is C14H24N4O. The van der Waals surface area contributed by atoms with E-state index < -0.39 is 0 Å². The van der Waals surface area contributed by atoms with Crippen molar-refractivity contribution in [2.45, 2.75) is 52.2 Å². The third kappa shape index (κ3) is 3.42. The standard InChI is InChI=1S/C14H24N4O/c1-5-12-16-11(6-13(19)17-12)8-18-7-10(2)15-9-14(18,3)4/h6,10,15H,5,7-9H2,1-4H3,(H,16,17,19). The monoisotopic (exact) mass is 264 g/mol. The van der Waals surface area contributed by atoms with E-state index in [1.54, 1.807) is 6.07 Å². The van der Waals surface area contributed by atoms with Crippen LogP contribution in [0.4, 0.5) is 0 Å². The van der Waals surface area contributed by atoms with Gasteiger partial charge in [-0.2, -0.15) is 0 Å². The predicted molar refractivity (Wildman–Crippen MR) is 76.2 cm³/mol. The molecule has 0 amide bonds. The second-order valence-corrected chi connectivity index (χ2v) is 6.01. The molecule has 0 spiro atoms. The maximum absolute atomic E-state index is 11.6. The normalized spacial score (nSPS) is 23.5. The predicted octanol–water partition coefficient (Wildman–Crippen LogP) is 0.905. The number of nitrogens with one attached hydrogen (secondary N) is 2. The Hall–Kier alpha value is -1.20. The van der Waals surface area contributed by atoms with Crippen LogP contribution < -0.4 is 10.9 Å². The molecule has 1 fully saturated rings. The summed E-state index contributed by atoms with van der Waals surface area (Å²) in [6, 6.07) is 2.09. The molecule has 0 saturated carbocycles. The number of hydrogen-bond acceptors (Lipinski definition) is 4. The van der Waals surface area contributed by atoms with Gasteiger partial charge in [-0.1, -0.05) is 6.92 Å². The van der Waals surface area contributed by atoms with Gasteiger partial charge in [-0.15, -0.1) is 0 Å². The fraction of sp³-hybridized carbons (Fsp3) is 0.714. The van der Waals surface area contributed by atoms with Gasteiger partial charge in [0, 0.05) is 43.7 Å². The Morgan fingerprint density at radius 1 is 1.53 bits per heavy atom. The fourth-order valence-corrected chi connectivity index (χ4v) is 2.46. The molecule has 2 rings (SSSR count). The van der Waals surface area contributed by atoms with E-state index in [1.807, 2.05) is 6.92 Å². The summed E-state index contributed by atoms with van der Waals surface area (Å²) < 4.78 is 0. The van der Waals surface area contributed by atoms with E-state index in [0.29, 0.717) is 6.04 Å². The van der Waals surface area contributed by atoms with Crippen molar-refractivity contribution in [1.29, 1.82) is 0 Å². The number of aryl methyl sites for hydroxylation is 1. The molecule has 1 aliphatic heterocycles. The van der Waals surface area contributed by atoms with Crippen molar-refractivity contribution in [3.63, 3.8) is 0 Å². The van der Waals surface area contributed by atoms with Gasteiger partial charge in [0.2, 0.25) is 0 Å². The number of hydrogen-bond donors (Lipinski definition) is 2. The van der Waals surface area contributed by atoms with Crippen LogP contribution in [0.15, 0.2) is 10.9 Å². The summed E-state index contributed by atoms with van der Waals surface area (Å²) in [5, 5.41) is 3.49. The molecule has 2 heterocycles. The van der Waals surface area contributed by atoms with Gasteiger partial charge < -0.3 is 10.3 Å². The zero-order valence-electron chi connectivity index (χ0n) is 12.3. The Morgan fingerprint density at radius 3 is 2.95 bits per heavy atom. The molecule has 5 nitrogen and oxygen atoms in total. The van der Waals surface area contributed by atoms with Crippen molar-refractivity contribution in [3.05, 3.63) is 27.9 Å². The molecular weight excluding hydrogens is 240 g/mol. The lowest BCUT2D eigenvalue weighted by Crippen LogP contribution is -2.60. The average Bonchev–Trinajstić information content (AvgIpc) is 2.33. The summed E-state index contributed by atoms with van der Waals surface area (Å²) in [7, 11) is 0. The van der Waals surface area contributed by atoms with Crippen molar-refractivity contribution in [2.75, 3.05) is 13.1 Å². The summed E-state index contributed by atoms with van der Waals surface area (Å²) in [5.74, 6) is 0.767. The third-order valence-electron chi connectivity index (χ3n) is 3.76. The summed E-state index contributed by atoms with van der Waals surface area (Å²) in [4.78, 5) is 21.3. The largest absolute Gasteiger partial charge is 0.311 e. The molecule has 1 unspecified atom stereocenters. The lowest BCUT2D eigenvalue weighted by molar-refractivity contribution is 0.0613. The lowest BCUT2D eigenvalue weighted by Gasteiger charge is -2.45. The quantitative estimate of drug-likeness (QED) is 0.852. The van der Waals surface area contributed by atoms with Crippen molar-refractivity contribution in [1.82, 2.24) is 20.2 Å². The second kappa shape index (κ2) is 5.43. The molecule has 1 aromatic heterocycles. The Morgan fingerprint density at radius 2 is 2.26 bits per heavy atom. The van der Waals surface area contributed by atoms with Crippen LogP contribution in [0.3, 0.4) is 0 Å². The van der Waals surface area contributed by atoms with E-state index in [-0.39, 0.29) is 11.1 Å². The van der Waals surface area contributed by atoms with E-state index in [2.05, 4.69) is 41.0 Å². The van der Waals surface area contributed by atoms with Crippen LogP contribution in [0.2, 0.25) is 0 Å². The van der Waals surface area contributed by atoms with Crippen LogP contribution in [0.25, 0.3) is 0 Å². The van der Waals surface area contributed by atoms with Gasteiger partial charge in [-0.05, 0) is 20.8 Å². The molecule has 1 aliphatic rings. The summed E-state index contributed by atoms with van der Waals surface area (Å²) in [6.07, 6.45) is 0.754. The lowest BCUT2D eigenvalue weighted by atomic mass is 9.97. The zero-order chi connectivity index (χ0) is 14.0. The number of rotatable bonds is 3. The van der Waals surface area contributed by atoms with Crippen LogP contribution in [0.5, 0.6) is 0 Å². The highest BCUT2D eigenvalue weighted by Crippen LogP contribution is 2.20. The molecule has 19 heavy (non-hydrogen) atoms. The van der Waals surface area contributed by atoms with Crippen molar-refractivity contribution in [2.24, 2.45) is 0 Å². The molecule has 0 aliphatic carbocycles. The first-order valence-electron chi connectivity index (χ1n) is 6.98. The van der Waals surface area contributed by atoms with Crippen LogP contribution in [0.1, 0.15) is 39.2 Å². The van der Waals surface area contributed by atoms with E-state index in [1.165, 1.54) is 0 Å². The topological polar surface area (TPSA) is 61.0 Å². The number of aromatic nitrogens is 2. The van der Waals surface area contributed by atoms with Crippen LogP contribution in [-0.2, 0) is 13.0 Å². The van der Waals surface area contributed by atoms with Gasteiger partial charge in [-0.3, -0.25) is 9.69 Å². The first-order chi connectivity index (χ1) is 8.90. The Labute approximate surface area is 114 Å². The van der Waals surface area contributed by atoms with Crippen molar-refractivity contribution >= 4 is 0 Å². The Bertz CT molecular complexity index is 494. The van der Waals surface area contributed by atoms with Crippen molar-refractivity contribution in [3.8, 4) is 0 Å². The first kappa shape index (κ1) is 14.2. The molecule has 106 valence electrons. The van der Waals surface area contributed by atoms with E-state index in [9.17, 15) is 4.79 Å². The Kier molecular flexibility index (Phi) is 4.06. The summed E-state index contributed by atoms with van der Waals surface area (Å²) >= 11 is 0. The third-order valence-corrected chi connectivity index (χ3v) is 3.76. The van der Waals surface area contributed by atoms with Crippen molar-refractivity contribution < 1.29 is 0 Å². The van der Waals surface area contributed by atoms with E-state index >= 15 is 0 Å². The van der Waals surface area contributed by atoms with Crippen LogP contribution in [0, 0.1) is 0 Å². The minimum absolute atomic E-state index is 0.0529. The number of H-pyrrole nitrogens is 1. The zero-order valence-corrected chi connectivity index (χ0v) is 12.3. The molecule has 1 aromatic rings. The molecule has 1 atom stereocenters. The SMILES string of the molecule is CCc1nc(CN2CC(C)NCC2(C)C)cc(=O)[nH]1.